The van der Waals surface area contributed by atoms with Crippen molar-refractivity contribution in [2.45, 2.75) is 6.54 Å². The van der Waals surface area contributed by atoms with Gasteiger partial charge in [-0.3, -0.25) is 4.79 Å². The molecule has 1 amide bonds. The van der Waals surface area contributed by atoms with Gasteiger partial charge in [0, 0.05) is 11.8 Å². The van der Waals surface area contributed by atoms with Crippen molar-refractivity contribution in [1.82, 2.24) is 10.5 Å². The van der Waals surface area contributed by atoms with Crippen molar-refractivity contribution in [2.24, 2.45) is 0 Å². The largest absolute Gasteiger partial charge is 0.497 e. The van der Waals surface area contributed by atoms with Gasteiger partial charge in [0.15, 0.2) is 5.76 Å². The van der Waals surface area contributed by atoms with Crippen LogP contribution >= 0.6 is 0 Å². The van der Waals surface area contributed by atoms with Crippen LogP contribution in [0.25, 0.3) is 0 Å². The molecule has 0 bridgehead atoms. The Kier molecular flexibility index (Phi) is 3.47. The van der Waals surface area contributed by atoms with Crippen LogP contribution in [-0.4, -0.2) is 18.2 Å². The van der Waals surface area contributed by atoms with Gasteiger partial charge in [0.2, 0.25) is 0 Å². The minimum absolute atomic E-state index is 0.259. The lowest BCUT2D eigenvalue weighted by Gasteiger charge is -2.08. The summed E-state index contributed by atoms with van der Waals surface area (Å²) in [5.74, 6) is 0.863. The molecule has 0 aliphatic heterocycles. The normalized spacial score (nSPS) is 10.1. The zero-order valence-electron chi connectivity index (χ0n) is 9.84. The maximum Gasteiger partial charge on any atom is 0.253 e. The maximum absolute atomic E-state index is 11.9. The summed E-state index contributed by atoms with van der Waals surface area (Å²) in [6.07, 6.45) is 1.52. The molecule has 6 nitrogen and oxygen atoms in total. The van der Waals surface area contributed by atoms with E-state index in [1.54, 1.807) is 24.3 Å². The van der Waals surface area contributed by atoms with Crippen molar-refractivity contribution in [3.05, 3.63) is 41.8 Å². The number of nitrogen functional groups attached to an aromatic ring is 1. The predicted molar refractivity (Wildman–Crippen MR) is 65.1 cm³/mol. The van der Waals surface area contributed by atoms with E-state index in [2.05, 4.69) is 10.5 Å². The molecule has 0 radical (unpaired) electrons. The molecule has 6 heteroatoms. The van der Waals surface area contributed by atoms with Crippen LogP contribution < -0.4 is 15.8 Å². The van der Waals surface area contributed by atoms with Crippen molar-refractivity contribution in [3.8, 4) is 5.75 Å². The van der Waals surface area contributed by atoms with Crippen LogP contribution in [0.15, 0.2) is 35.0 Å². The van der Waals surface area contributed by atoms with Crippen LogP contribution in [0.3, 0.4) is 0 Å². The molecule has 0 aliphatic carbocycles. The first-order valence-corrected chi connectivity index (χ1v) is 5.32. The van der Waals surface area contributed by atoms with E-state index in [4.69, 9.17) is 15.0 Å². The van der Waals surface area contributed by atoms with Crippen LogP contribution in [-0.2, 0) is 6.54 Å². The number of aromatic nitrogens is 1. The van der Waals surface area contributed by atoms with Crippen molar-refractivity contribution in [2.75, 3.05) is 12.8 Å². The van der Waals surface area contributed by atoms with Gasteiger partial charge >= 0.3 is 0 Å². The van der Waals surface area contributed by atoms with Gasteiger partial charge in [0.05, 0.1) is 25.4 Å². The Morgan fingerprint density at radius 2 is 2.33 bits per heavy atom. The van der Waals surface area contributed by atoms with Crippen LogP contribution in [0.4, 0.5) is 5.69 Å². The lowest BCUT2D eigenvalue weighted by atomic mass is 10.1. The monoisotopic (exact) mass is 247 g/mol. The number of nitrogens with zero attached hydrogens (tertiary/aromatic N) is 1. The van der Waals surface area contributed by atoms with Gasteiger partial charge < -0.3 is 20.3 Å². The number of nitrogens with one attached hydrogen (secondary N) is 1. The second-order valence-electron chi connectivity index (χ2n) is 3.61. The molecular formula is C12H13N3O3. The van der Waals surface area contributed by atoms with Crippen LogP contribution in [0.2, 0.25) is 0 Å². The molecule has 2 rings (SSSR count). The summed E-state index contributed by atoms with van der Waals surface area (Å²) >= 11 is 0. The second-order valence-corrected chi connectivity index (χ2v) is 3.61. The third kappa shape index (κ3) is 2.60. The van der Waals surface area contributed by atoms with E-state index in [1.807, 2.05) is 0 Å². The van der Waals surface area contributed by atoms with Gasteiger partial charge in [-0.05, 0) is 18.2 Å². The Morgan fingerprint density at radius 1 is 1.50 bits per heavy atom. The Morgan fingerprint density at radius 3 is 3.00 bits per heavy atom. The van der Waals surface area contributed by atoms with Crippen LogP contribution in [0.1, 0.15) is 16.1 Å². The van der Waals surface area contributed by atoms with Gasteiger partial charge in [-0.15, -0.1) is 0 Å². The number of carbonyl (C=O) groups is 1. The minimum Gasteiger partial charge on any atom is -0.497 e. The van der Waals surface area contributed by atoms with Crippen LogP contribution in [0, 0.1) is 0 Å². The molecule has 0 atom stereocenters. The van der Waals surface area contributed by atoms with E-state index >= 15 is 0 Å². The average Bonchev–Trinajstić information content (AvgIpc) is 2.89. The summed E-state index contributed by atoms with van der Waals surface area (Å²) in [5, 5.41) is 6.23. The summed E-state index contributed by atoms with van der Waals surface area (Å²) in [7, 11) is 1.53. The number of rotatable bonds is 4. The molecule has 0 fully saturated rings. The van der Waals surface area contributed by atoms with Gasteiger partial charge in [0.25, 0.3) is 5.91 Å². The first-order valence-electron chi connectivity index (χ1n) is 5.32. The number of hydrogen-bond donors (Lipinski definition) is 2. The first-order chi connectivity index (χ1) is 8.70. The molecular weight excluding hydrogens is 234 g/mol. The summed E-state index contributed by atoms with van der Waals surface area (Å²) in [6, 6.07) is 6.59. The number of nitrogens with two attached hydrogens (primary N) is 1. The molecule has 0 unspecified atom stereocenters. The topological polar surface area (TPSA) is 90.4 Å². The highest BCUT2D eigenvalue weighted by molar-refractivity contribution is 5.99. The first kappa shape index (κ1) is 12.0. The highest BCUT2D eigenvalue weighted by Gasteiger charge is 2.11. The van der Waals surface area contributed by atoms with E-state index in [1.165, 1.54) is 13.3 Å². The highest BCUT2D eigenvalue weighted by atomic mass is 16.5. The SMILES string of the molecule is COc1ccc(N)c(C(=O)NCc2ccno2)c1. The fraction of sp³-hybridized carbons (Fsp3) is 0.167. The van der Waals surface area contributed by atoms with E-state index in [0.29, 0.717) is 22.8 Å². The Bertz CT molecular complexity index is 538. The Hall–Kier alpha value is -2.50. The summed E-state index contributed by atoms with van der Waals surface area (Å²) in [5.41, 5.74) is 6.51. The van der Waals surface area contributed by atoms with Gasteiger partial charge in [-0.2, -0.15) is 0 Å². The number of benzene rings is 1. The lowest BCUT2D eigenvalue weighted by Crippen LogP contribution is -2.23. The molecule has 1 aromatic heterocycles. The number of hydrogen-bond acceptors (Lipinski definition) is 5. The molecule has 0 aliphatic rings. The van der Waals surface area contributed by atoms with E-state index < -0.39 is 0 Å². The fourth-order valence-electron chi connectivity index (χ4n) is 1.45. The second kappa shape index (κ2) is 5.22. The number of ether oxygens (including phenoxy) is 1. The van der Waals surface area contributed by atoms with E-state index in [0.717, 1.165) is 0 Å². The quantitative estimate of drug-likeness (QED) is 0.792. The molecule has 18 heavy (non-hydrogen) atoms. The molecule has 2 aromatic rings. The lowest BCUT2D eigenvalue weighted by molar-refractivity contribution is 0.0947. The maximum atomic E-state index is 11.9. The summed E-state index contributed by atoms with van der Waals surface area (Å²) in [4.78, 5) is 11.9. The van der Waals surface area contributed by atoms with Gasteiger partial charge in [-0.25, -0.2) is 0 Å². The fourth-order valence-corrected chi connectivity index (χ4v) is 1.45. The predicted octanol–water partition coefficient (Wildman–Crippen LogP) is 1.20. The number of anilines is 1. The number of amides is 1. The van der Waals surface area contributed by atoms with E-state index in [9.17, 15) is 4.79 Å². The smallest absolute Gasteiger partial charge is 0.253 e. The van der Waals surface area contributed by atoms with Crippen molar-refractivity contribution in [1.29, 1.82) is 0 Å². The Labute approximate surface area is 104 Å². The summed E-state index contributed by atoms with van der Waals surface area (Å²) < 4.78 is 9.92. The zero-order chi connectivity index (χ0) is 13.0. The van der Waals surface area contributed by atoms with Crippen molar-refractivity contribution in [3.63, 3.8) is 0 Å². The van der Waals surface area contributed by atoms with Gasteiger partial charge in [-0.1, -0.05) is 5.16 Å². The number of carbonyl (C=O) groups excluding carboxylic acids is 1. The highest BCUT2D eigenvalue weighted by Crippen LogP contribution is 2.19. The van der Waals surface area contributed by atoms with Crippen molar-refractivity contribution < 1.29 is 14.1 Å². The zero-order valence-corrected chi connectivity index (χ0v) is 9.84. The molecule has 0 spiro atoms. The van der Waals surface area contributed by atoms with Crippen molar-refractivity contribution >= 4 is 11.6 Å². The standard InChI is InChI=1S/C12H13N3O3/c1-17-8-2-3-11(13)10(6-8)12(16)14-7-9-4-5-15-18-9/h2-6H,7,13H2,1H3,(H,14,16). The summed E-state index contributed by atoms with van der Waals surface area (Å²) in [6.45, 7) is 0.259. The van der Waals surface area contributed by atoms with E-state index in [-0.39, 0.29) is 12.5 Å². The molecule has 3 N–H and O–H groups in total. The average molecular weight is 247 g/mol. The minimum atomic E-state index is -0.289. The molecule has 1 aromatic carbocycles. The molecule has 94 valence electrons. The number of methoxy groups -OCH3 is 1. The molecule has 0 saturated carbocycles. The molecule has 0 saturated heterocycles. The van der Waals surface area contributed by atoms with Crippen LogP contribution in [0.5, 0.6) is 5.75 Å². The third-order valence-corrected chi connectivity index (χ3v) is 2.42. The molecule has 1 heterocycles. The van der Waals surface area contributed by atoms with Gasteiger partial charge in [0.1, 0.15) is 5.75 Å². The Balaban J connectivity index is 2.08. The third-order valence-electron chi connectivity index (χ3n) is 2.42.